The normalized spacial score (nSPS) is 21.7. The Bertz CT molecular complexity index is 425. The summed E-state index contributed by atoms with van der Waals surface area (Å²) in [5.74, 6) is 0. The molecule has 3 nitrogen and oxygen atoms in total. The van der Waals surface area contributed by atoms with Crippen LogP contribution >= 0.6 is 0 Å². The van der Waals surface area contributed by atoms with Crippen LogP contribution in [0.2, 0.25) is 0 Å². The van der Waals surface area contributed by atoms with Crippen LogP contribution in [0, 0.1) is 0 Å². The average molecular weight is 262 g/mol. The van der Waals surface area contributed by atoms with E-state index in [2.05, 4.69) is 61.9 Å². The minimum atomic E-state index is 0.125. The van der Waals surface area contributed by atoms with Gasteiger partial charge in [-0.1, -0.05) is 39.0 Å². The van der Waals surface area contributed by atoms with Crippen molar-refractivity contribution in [1.29, 1.82) is 0 Å². The van der Waals surface area contributed by atoms with Gasteiger partial charge in [0.2, 0.25) is 0 Å². The molecule has 0 saturated carbocycles. The largest absolute Gasteiger partial charge is 0.394 e. The number of hydrogen-bond donors (Lipinski definition) is 1. The van der Waals surface area contributed by atoms with Crippen LogP contribution in [0.1, 0.15) is 26.3 Å². The Morgan fingerprint density at radius 3 is 2.53 bits per heavy atom. The molecule has 1 aromatic rings. The SMILES string of the molecule is CN1CCN(c2ccccc2C(C)(C)C)C(CO)C1. The molecule has 0 radical (unpaired) electrons. The minimum absolute atomic E-state index is 0.125. The Morgan fingerprint density at radius 1 is 1.21 bits per heavy atom. The van der Waals surface area contributed by atoms with E-state index in [-0.39, 0.29) is 18.1 Å². The van der Waals surface area contributed by atoms with Gasteiger partial charge in [-0.25, -0.2) is 0 Å². The maximum absolute atomic E-state index is 9.67. The van der Waals surface area contributed by atoms with Crippen molar-refractivity contribution >= 4 is 5.69 Å². The molecule has 0 bridgehead atoms. The van der Waals surface area contributed by atoms with Gasteiger partial charge < -0.3 is 14.9 Å². The summed E-state index contributed by atoms with van der Waals surface area (Å²) >= 11 is 0. The number of aliphatic hydroxyl groups is 1. The van der Waals surface area contributed by atoms with Crippen LogP contribution in [0.4, 0.5) is 5.69 Å². The Kier molecular flexibility index (Phi) is 4.16. The fraction of sp³-hybridized carbons (Fsp3) is 0.625. The van der Waals surface area contributed by atoms with Crippen LogP contribution in [-0.2, 0) is 5.41 Å². The first-order chi connectivity index (χ1) is 8.93. The molecule has 1 atom stereocenters. The molecule has 1 aromatic carbocycles. The molecule has 0 aliphatic carbocycles. The Labute approximate surface area is 116 Å². The first-order valence-corrected chi connectivity index (χ1v) is 7.09. The van der Waals surface area contributed by atoms with Gasteiger partial charge in [-0.05, 0) is 24.1 Å². The van der Waals surface area contributed by atoms with E-state index in [4.69, 9.17) is 0 Å². The zero-order chi connectivity index (χ0) is 14.0. The van der Waals surface area contributed by atoms with Gasteiger partial charge in [-0.3, -0.25) is 0 Å². The highest BCUT2D eigenvalue weighted by atomic mass is 16.3. The number of rotatable bonds is 2. The summed E-state index contributed by atoms with van der Waals surface area (Å²) < 4.78 is 0. The van der Waals surface area contributed by atoms with Crippen LogP contribution in [-0.4, -0.2) is 49.3 Å². The standard InChI is InChI=1S/C16H26N2O/c1-16(2,3)14-7-5-6-8-15(14)18-10-9-17(4)11-13(18)12-19/h5-8,13,19H,9-12H2,1-4H3. The molecule has 1 fully saturated rings. The van der Waals surface area contributed by atoms with Gasteiger partial charge in [0.25, 0.3) is 0 Å². The molecule has 0 amide bonds. The predicted octanol–water partition coefficient (Wildman–Crippen LogP) is 2.10. The van der Waals surface area contributed by atoms with Crippen LogP contribution in [0.25, 0.3) is 0 Å². The summed E-state index contributed by atoms with van der Waals surface area (Å²) in [4.78, 5) is 4.66. The molecule has 1 aliphatic rings. The third kappa shape index (κ3) is 3.10. The number of hydrogen-bond acceptors (Lipinski definition) is 3. The molecule has 19 heavy (non-hydrogen) atoms. The van der Waals surface area contributed by atoms with E-state index in [1.54, 1.807) is 0 Å². The molecule has 1 aliphatic heterocycles. The lowest BCUT2D eigenvalue weighted by Gasteiger charge is -2.42. The quantitative estimate of drug-likeness (QED) is 0.884. The van der Waals surface area contributed by atoms with Crippen LogP contribution in [0.3, 0.4) is 0 Å². The number of benzene rings is 1. The fourth-order valence-corrected chi connectivity index (χ4v) is 2.84. The van der Waals surface area contributed by atoms with Gasteiger partial charge in [0, 0.05) is 25.3 Å². The van der Waals surface area contributed by atoms with Crippen LogP contribution in [0.15, 0.2) is 24.3 Å². The summed E-state index contributed by atoms with van der Waals surface area (Å²) in [6.45, 7) is 9.91. The molecular formula is C16H26N2O. The lowest BCUT2D eigenvalue weighted by molar-refractivity contribution is 0.190. The van der Waals surface area contributed by atoms with Gasteiger partial charge in [0.05, 0.1) is 12.6 Å². The number of nitrogens with zero attached hydrogens (tertiary/aromatic N) is 2. The second-order valence-electron chi connectivity index (χ2n) is 6.56. The van der Waals surface area contributed by atoms with Gasteiger partial charge in [-0.2, -0.15) is 0 Å². The van der Waals surface area contributed by atoms with Gasteiger partial charge in [-0.15, -0.1) is 0 Å². The molecule has 1 N–H and O–H groups in total. The highest BCUT2D eigenvalue weighted by Crippen LogP contribution is 2.33. The van der Waals surface area contributed by atoms with Crippen molar-refractivity contribution in [2.45, 2.75) is 32.2 Å². The summed E-state index contributed by atoms with van der Waals surface area (Å²) in [7, 11) is 2.12. The molecule has 1 unspecified atom stereocenters. The Morgan fingerprint density at radius 2 is 1.89 bits per heavy atom. The number of likely N-dealkylation sites (N-methyl/N-ethyl adjacent to an activating group) is 1. The molecule has 3 heteroatoms. The molecular weight excluding hydrogens is 236 g/mol. The number of aliphatic hydroxyl groups excluding tert-OH is 1. The molecule has 106 valence electrons. The average Bonchev–Trinajstić information content (AvgIpc) is 2.37. The number of anilines is 1. The highest BCUT2D eigenvalue weighted by molar-refractivity contribution is 5.57. The van der Waals surface area contributed by atoms with Crippen molar-refractivity contribution in [3.8, 4) is 0 Å². The van der Waals surface area contributed by atoms with E-state index < -0.39 is 0 Å². The van der Waals surface area contributed by atoms with E-state index in [0.29, 0.717) is 0 Å². The van der Waals surface area contributed by atoms with E-state index in [1.165, 1.54) is 11.3 Å². The van der Waals surface area contributed by atoms with Gasteiger partial charge in [0.1, 0.15) is 0 Å². The monoisotopic (exact) mass is 262 g/mol. The zero-order valence-electron chi connectivity index (χ0n) is 12.6. The van der Waals surface area contributed by atoms with Crippen molar-refractivity contribution in [3.05, 3.63) is 29.8 Å². The van der Waals surface area contributed by atoms with Crippen molar-refractivity contribution in [1.82, 2.24) is 4.90 Å². The van der Waals surface area contributed by atoms with Crippen LogP contribution < -0.4 is 4.90 Å². The molecule has 0 spiro atoms. The summed E-state index contributed by atoms with van der Waals surface area (Å²) in [6, 6.07) is 8.80. The second kappa shape index (κ2) is 5.51. The van der Waals surface area contributed by atoms with Crippen molar-refractivity contribution in [2.24, 2.45) is 0 Å². The Hall–Kier alpha value is -1.06. The van der Waals surface area contributed by atoms with Gasteiger partial charge in [0.15, 0.2) is 0 Å². The number of para-hydroxylation sites is 1. The maximum Gasteiger partial charge on any atom is 0.0648 e. The first kappa shape index (κ1) is 14.4. The third-order valence-electron chi connectivity index (χ3n) is 3.92. The van der Waals surface area contributed by atoms with E-state index in [0.717, 1.165) is 19.6 Å². The minimum Gasteiger partial charge on any atom is -0.394 e. The topological polar surface area (TPSA) is 26.7 Å². The second-order valence-corrected chi connectivity index (χ2v) is 6.56. The van der Waals surface area contributed by atoms with Gasteiger partial charge >= 0.3 is 0 Å². The Balaban J connectivity index is 2.35. The highest BCUT2D eigenvalue weighted by Gasteiger charge is 2.28. The van der Waals surface area contributed by atoms with Crippen molar-refractivity contribution in [3.63, 3.8) is 0 Å². The van der Waals surface area contributed by atoms with Crippen molar-refractivity contribution < 1.29 is 5.11 Å². The maximum atomic E-state index is 9.67. The lowest BCUT2D eigenvalue weighted by Crippen LogP contribution is -2.54. The molecule has 2 rings (SSSR count). The summed E-state index contributed by atoms with van der Waals surface area (Å²) in [5, 5.41) is 9.67. The van der Waals surface area contributed by atoms with Crippen molar-refractivity contribution in [2.75, 3.05) is 38.2 Å². The third-order valence-corrected chi connectivity index (χ3v) is 3.92. The predicted molar refractivity (Wildman–Crippen MR) is 80.9 cm³/mol. The number of piperazine rings is 1. The fourth-order valence-electron chi connectivity index (χ4n) is 2.84. The van der Waals surface area contributed by atoms with Crippen LogP contribution in [0.5, 0.6) is 0 Å². The summed E-state index contributed by atoms with van der Waals surface area (Å²) in [5.41, 5.74) is 2.76. The van der Waals surface area contributed by atoms with E-state index in [1.807, 2.05) is 0 Å². The first-order valence-electron chi connectivity index (χ1n) is 7.09. The smallest absolute Gasteiger partial charge is 0.0648 e. The zero-order valence-corrected chi connectivity index (χ0v) is 12.6. The van der Waals surface area contributed by atoms with E-state index >= 15 is 0 Å². The summed E-state index contributed by atoms with van der Waals surface area (Å²) in [6.07, 6.45) is 0. The van der Waals surface area contributed by atoms with E-state index in [9.17, 15) is 5.11 Å². The molecule has 1 heterocycles. The molecule has 1 saturated heterocycles. The molecule has 0 aromatic heterocycles. The lowest BCUT2D eigenvalue weighted by atomic mass is 9.85.